The second-order valence-corrected chi connectivity index (χ2v) is 7.55. The molecule has 1 aliphatic rings. The molecule has 34 heavy (non-hydrogen) atoms. The molecule has 184 valence electrons. The van der Waals surface area contributed by atoms with E-state index in [1.54, 1.807) is 30.3 Å². The highest BCUT2D eigenvalue weighted by Gasteiger charge is 2.76. The van der Waals surface area contributed by atoms with E-state index < -0.39 is 29.8 Å². The number of carbonyl (C=O) groups is 2. The number of furan rings is 1. The van der Waals surface area contributed by atoms with Gasteiger partial charge in [0.15, 0.2) is 5.76 Å². The van der Waals surface area contributed by atoms with Crippen molar-refractivity contribution in [2.45, 2.75) is 44.2 Å². The van der Waals surface area contributed by atoms with Crippen LogP contribution in [-0.2, 0) is 11.2 Å². The van der Waals surface area contributed by atoms with Crippen LogP contribution in [0.1, 0.15) is 40.3 Å². The average Bonchev–Trinajstić information content (AvgIpc) is 3.13. The number of hydrazone groups is 1. The highest BCUT2D eigenvalue weighted by Crippen LogP contribution is 2.46. The summed E-state index contributed by atoms with van der Waals surface area (Å²) in [5.74, 6) is -16.0. The Bertz CT molecular complexity index is 1120. The van der Waals surface area contributed by atoms with E-state index in [1.165, 1.54) is 18.9 Å². The molecular formula is C21H18F7N3O3. The van der Waals surface area contributed by atoms with E-state index in [1.807, 2.05) is 0 Å². The van der Waals surface area contributed by atoms with Gasteiger partial charge in [0.05, 0.1) is 5.71 Å². The standard InChI is InChI=1S/C21H18F7N3O3/c1-11-15-13(29-30-18(33)19(22,23)20(24,25)21(26,27)28)9-6-10-14(15)34-16(11)17(32)31(2)12-7-4-3-5-8-12/h3-5,7-8H,6,9-10H2,1-2H3,(H,30,33)/b29-13+. The molecule has 1 aromatic heterocycles. The summed E-state index contributed by atoms with van der Waals surface area (Å²) in [6, 6.07) is 8.53. The van der Waals surface area contributed by atoms with Gasteiger partial charge in [0, 0.05) is 30.3 Å². The number of nitrogens with one attached hydrogen (secondary N) is 1. The van der Waals surface area contributed by atoms with Gasteiger partial charge in [-0.15, -0.1) is 0 Å². The predicted octanol–water partition coefficient (Wildman–Crippen LogP) is 4.85. The van der Waals surface area contributed by atoms with Gasteiger partial charge in [-0.05, 0) is 31.9 Å². The molecule has 0 saturated heterocycles. The third-order valence-electron chi connectivity index (χ3n) is 5.30. The summed E-state index contributed by atoms with van der Waals surface area (Å²) in [7, 11) is 1.50. The van der Waals surface area contributed by atoms with Gasteiger partial charge in [-0.1, -0.05) is 18.2 Å². The molecule has 1 N–H and O–H groups in total. The number of aryl methyl sites for hydroxylation is 1. The van der Waals surface area contributed by atoms with Crippen molar-refractivity contribution in [1.82, 2.24) is 5.43 Å². The zero-order valence-electron chi connectivity index (χ0n) is 17.8. The molecule has 2 amide bonds. The van der Waals surface area contributed by atoms with Crippen molar-refractivity contribution in [2.24, 2.45) is 5.10 Å². The number of alkyl halides is 7. The van der Waals surface area contributed by atoms with Gasteiger partial charge in [0.25, 0.3) is 5.91 Å². The molecule has 0 radical (unpaired) electrons. The molecule has 2 aromatic rings. The Kier molecular flexibility index (Phi) is 6.51. The number of hydrogen-bond donors (Lipinski definition) is 1. The van der Waals surface area contributed by atoms with Crippen LogP contribution in [0.4, 0.5) is 36.4 Å². The van der Waals surface area contributed by atoms with E-state index in [9.17, 15) is 40.3 Å². The smallest absolute Gasteiger partial charge is 0.455 e. The van der Waals surface area contributed by atoms with Crippen LogP contribution in [0.3, 0.4) is 0 Å². The summed E-state index contributed by atoms with van der Waals surface area (Å²) in [6.45, 7) is 1.48. The van der Waals surface area contributed by atoms with Crippen LogP contribution in [0.2, 0.25) is 0 Å². The lowest BCUT2D eigenvalue weighted by Crippen LogP contribution is -2.58. The maximum Gasteiger partial charge on any atom is 0.460 e. The maximum absolute atomic E-state index is 13.6. The lowest BCUT2D eigenvalue weighted by molar-refractivity contribution is -0.344. The molecule has 0 spiro atoms. The molecule has 0 fully saturated rings. The van der Waals surface area contributed by atoms with Crippen LogP contribution in [0.5, 0.6) is 0 Å². The van der Waals surface area contributed by atoms with E-state index in [0.29, 0.717) is 18.5 Å². The van der Waals surface area contributed by atoms with E-state index in [-0.39, 0.29) is 34.8 Å². The average molecular weight is 493 g/mol. The van der Waals surface area contributed by atoms with Gasteiger partial charge in [0.1, 0.15) is 5.76 Å². The molecule has 13 heteroatoms. The zero-order chi connectivity index (χ0) is 25.5. The van der Waals surface area contributed by atoms with Gasteiger partial charge in [-0.25, -0.2) is 5.43 Å². The molecule has 3 rings (SSSR count). The summed E-state index contributed by atoms with van der Waals surface area (Å²) in [4.78, 5) is 25.8. The third kappa shape index (κ3) is 4.26. The topological polar surface area (TPSA) is 74.9 Å². The monoisotopic (exact) mass is 493 g/mol. The molecule has 0 unspecified atom stereocenters. The van der Waals surface area contributed by atoms with E-state index >= 15 is 0 Å². The molecule has 0 saturated carbocycles. The normalized spacial score (nSPS) is 15.7. The fourth-order valence-corrected chi connectivity index (χ4v) is 3.41. The Morgan fingerprint density at radius 3 is 2.24 bits per heavy atom. The fourth-order valence-electron chi connectivity index (χ4n) is 3.41. The Labute approximate surface area is 188 Å². The first-order valence-electron chi connectivity index (χ1n) is 9.85. The van der Waals surface area contributed by atoms with Gasteiger partial charge in [-0.2, -0.15) is 35.8 Å². The molecular weight excluding hydrogens is 475 g/mol. The number of hydrogen-bond acceptors (Lipinski definition) is 4. The summed E-state index contributed by atoms with van der Waals surface area (Å²) < 4.78 is 95.9. The molecule has 0 atom stereocenters. The number of anilines is 1. The first kappa shape index (κ1) is 25.2. The Morgan fingerprint density at radius 1 is 1.03 bits per heavy atom. The summed E-state index contributed by atoms with van der Waals surface area (Å²) >= 11 is 0. The second kappa shape index (κ2) is 8.76. The minimum absolute atomic E-state index is 0.0665. The number of amides is 2. The molecule has 0 bridgehead atoms. The molecule has 6 nitrogen and oxygen atoms in total. The van der Waals surface area contributed by atoms with Crippen LogP contribution in [-0.4, -0.2) is 42.6 Å². The lowest BCUT2D eigenvalue weighted by atomic mass is 9.93. The predicted molar refractivity (Wildman–Crippen MR) is 106 cm³/mol. The summed E-state index contributed by atoms with van der Waals surface area (Å²) in [5, 5.41) is 3.37. The van der Waals surface area contributed by atoms with E-state index in [4.69, 9.17) is 4.42 Å². The van der Waals surface area contributed by atoms with E-state index in [0.717, 1.165) is 5.43 Å². The fraction of sp³-hybridized carbons (Fsp3) is 0.381. The maximum atomic E-state index is 13.6. The number of fused-ring (bicyclic) bond motifs is 1. The molecule has 1 heterocycles. The van der Waals surface area contributed by atoms with Gasteiger partial charge in [0.2, 0.25) is 0 Å². The number of rotatable bonds is 5. The van der Waals surface area contributed by atoms with Crippen molar-refractivity contribution in [3.8, 4) is 0 Å². The highest BCUT2D eigenvalue weighted by atomic mass is 19.4. The number of halogens is 7. The van der Waals surface area contributed by atoms with Crippen LogP contribution in [0.25, 0.3) is 0 Å². The van der Waals surface area contributed by atoms with Crippen LogP contribution in [0.15, 0.2) is 39.9 Å². The Balaban J connectivity index is 1.89. The lowest BCUT2D eigenvalue weighted by Gasteiger charge is -2.26. The minimum Gasteiger partial charge on any atom is -0.455 e. The zero-order valence-corrected chi connectivity index (χ0v) is 17.8. The first-order chi connectivity index (χ1) is 15.7. The van der Waals surface area contributed by atoms with Crippen molar-refractivity contribution < 1.29 is 44.7 Å². The second-order valence-electron chi connectivity index (χ2n) is 7.55. The SMILES string of the molecule is Cc1c(C(=O)N(C)c2ccccc2)oc2c1/C(=N/NC(=O)C(F)(F)C(F)(F)C(F)(F)F)CCC2. The highest BCUT2D eigenvalue weighted by molar-refractivity contribution is 6.10. The Morgan fingerprint density at radius 2 is 1.65 bits per heavy atom. The largest absolute Gasteiger partial charge is 0.460 e. The van der Waals surface area contributed by atoms with Crippen LogP contribution in [0, 0.1) is 6.92 Å². The summed E-state index contributed by atoms with van der Waals surface area (Å²) in [5.41, 5.74) is 2.01. The van der Waals surface area contributed by atoms with E-state index in [2.05, 4.69) is 5.10 Å². The van der Waals surface area contributed by atoms with Crippen molar-refractivity contribution in [3.63, 3.8) is 0 Å². The molecule has 0 aliphatic heterocycles. The van der Waals surface area contributed by atoms with Crippen molar-refractivity contribution >= 4 is 23.2 Å². The van der Waals surface area contributed by atoms with Crippen molar-refractivity contribution in [3.05, 3.63) is 53.0 Å². The minimum atomic E-state index is -6.65. The van der Waals surface area contributed by atoms with Crippen LogP contribution >= 0.6 is 0 Å². The summed E-state index contributed by atoms with van der Waals surface area (Å²) in [6.07, 6.45) is -5.92. The van der Waals surface area contributed by atoms with Gasteiger partial charge in [-0.3, -0.25) is 9.59 Å². The number of para-hydroxylation sites is 1. The molecule has 1 aliphatic carbocycles. The quantitative estimate of drug-likeness (QED) is 0.478. The van der Waals surface area contributed by atoms with Gasteiger partial charge < -0.3 is 9.32 Å². The first-order valence-corrected chi connectivity index (χ1v) is 9.85. The molecule has 1 aromatic carbocycles. The number of carbonyl (C=O) groups excluding carboxylic acids is 2. The van der Waals surface area contributed by atoms with Gasteiger partial charge >= 0.3 is 23.9 Å². The number of benzene rings is 1. The third-order valence-corrected chi connectivity index (χ3v) is 5.30. The van der Waals surface area contributed by atoms with Crippen molar-refractivity contribution in [2.75, 3.05) is 11.9 Å². The number of nitrogens with zero attached hydrogens (tertiary/aromatic N) is 2. The van der Waals surface area contributed by atoms with Crippen molar-refractivity contribution in [1.29, 1.82) is 0 Å². The Hall–Kier alpha value is -3.38. The van der Waals surface area contributed by atoms with Crippen LogP contribution < -0.4 is 10.3 Å².